The van der Waals surface area contributed by atoms with Crippen molar-refractivity contribution in [2.45, 2.75) is 0 Å². The van der Waals surface area contributed by atoms with E-state index in [2.05, 4.69) is 171 Å². The van der Waals surface area contributed by atoms with Crippen LogP contribution in [0.4, 0.5) is 16.4 Å². The van der Waals surface area contributed by atoms with E-state index >= 15 is 0 Å². The number of para-hydroxylation sites is 2. The summed E-state index contributed by atoms with van der Waals surface area (Å²) in [5.41, 5.74) is 12.8. The van der Waals surface area contributed by atoms with Gasteiger partial charge in [0, 0.05) is 65.6 Å². The lowest BCUT2D eigenvalue weighted by molar-refractivity contribution is 1.18. The minimum atomic E-state index is 0.945. The molecular weight excluding hydrogens is 723 g/mol. The van der Waals surface area contributed by atoms with Crippen LogP contribution in [0.1, 0.15) is 0 Å². The highest BCUT2D eigenvalue weighted by Gasteiger charge is 2.20. The fourth-order valence-electron chi connectivity index (χ4n) is 7.69. The third kappa shape index (κ3) is 5.64. The lowest BCUT2D eigenvalue weighted by Crippen LogP contribution is -2.08. The van der Waals surface area contributed by atoms with Crippen LogP contribution in [0.25, 0.3) is 80.9 Å². The SMILES string of the molecule is c1ccc(-n2c3ccc(-c4cc5sc(N(c6cccc(-c7ccccn7)c6)c6cccc(-c7ccccn7)c6)cc5s4)cc3c3nc4ccccc4cc32)cc1. The van der Waals surface area contributed by atoms with Gasteiger partial charge in [-0.15, -0.1) is 22.7 Å². The molecule has 5 aromatic carbocycles. The number of nitrogens with zero attached hydrogens (tertiary/aromatic N) is 5. The van der Waals surface area contributed by atoms with E-state index in [9.17, 15) is 0 Å². The molecule has 6 heterocycles. The van der Waals surface area contributed by atoms with Crippen molar-refractivity contribution in [2.24, 2.45) is 0 Å². The topological polar surface area (TPSA) is 46.8 Å². The number of hydrogen-bond acceptors (Lipinski definition) is 6. The van der Waals surface area contributed by atoms with E-state index in [0.29, 0.717) is 0 Å². The zero-order chi connectivity index (χ0) is 37.0. The molecule has 0 bridgehead atoms. The molecule has 11 aromatic rings. The number of pyridine rings is 3. The second-order valence-electron chi connectivity index (χ2n) is 13.7. The molecule has 56 heavy (non-hydrogen) atoms. The highest BCUT2D eigenvalue weighted by atomic mass is 32.1. The molecule has 0 aliphatic rings. The molecule has 0 saturated heterocycles. The molecule has 0 N–H and O–H groups in total. The van der Waals surface area contributed by atoms with Crippen molar-refractivity contribution in [3.05, 3.63) is 188 Å². The smallest absolute Gasteiger partial charge is 0.102 e. The van der Waals surface area contributed by atoms with E-state index in [1.165, 1.54) is 19.8 Å². The molecule has 0 aliphatic carbocycles. The molecule has 0 unspecified atom stereocenters. The Labute approximate surface area is 331 Å². The van der Waals surface area contributed by atoms with Crippen LogP contribution in [-0.2, 0) is 0 Å². The van der Waals surface area contributed by atoms with Crippen LogP contribution in [0, 0.1) is 0 Å². The van der Waals surface area contributed by atoms with Gasteiger partial charge >= 0.3 is 0 Å². The maximum atomic E-state index is 5.23. The van der Waals surface area contributed by atoms with Gasteiger partial charge in [-0.3, -0.25) is 9.97 Å². The molecule has 0 spiro atoms. The zero-order valence-corrected chi connectivity index (χ0v) is 31.6. The Morgan fingerprint density at radius 1 is 0.482 bits per heavy atom. The highest BCUT2D eigenvalue weighted by Crippen LogP contribution is 2.47. The number of rotatable bonds is 7. The molecule has 264 valence electrons. The van der Waals surface area contributed by atoms with E-state index in [-0.39, 0.29) is 0 Å². The molecule has 0 atom stereocenters. The van der Waals surface area contributed by atoms with Gasteiger partial charge in [-0.05, 0) is 103 Å². The number of aromatic nitrogens is 4. The number of hydrogen-bond donors (Lipinski definition) is 0. The summed E-state index contributed by atoms with van der Waals surface area (Å²) in [5.74, 6) is 0. The predicted molar refractivity (Wildman–Crippen MR) is 236 cm³/mol. The van der Waals surface area contributed by atoms with E-state index < -0.39 is 0 Å². The summed E-state index contributed by atoms with van der Waals surface area (Å²) >= 11 is 3.65. The van der Waals surface area contributed by atoms with Gasteiger partial charge in [-0.2, -0.15) is 0 Å². The molecule has 11 rings (SSSR count). The Kier molecular flexibility index (Phi) is 7.79. The highest BCUT2D eigenvalue weighted by molar-refractivity contribution is 7.31. The summed E-state index contributed by atoms with van der Waals surface area (Å²) in [6, 6.07) is 62.2. The molecule has 0 radical (unpaired) electrons. The van der Waals surface area contributed by atoms with Gasteiger partial charge in [0.25, 0.3) is 0 Å². The molecular formula is C49H31N5S2. The minimum Gasteiger partial charge on any atom is -0.308 e. The van der Waals surface area contributed by atoms with E-state index in [0.717, 1.165) is 77.4 Å². The summed E-state index contributed by atoms with van der Waals surface area (Å²) in [4.78, 5) is 18.1. The third-order valence-electron chi connectivity index (χ3n) is 10.3. The molecule has 0 fully saturated rings. The number of anilines is 3. The Morgan fingerprint density at radius 2 is 1.16 bits per heavy atom. The van der Waals surface area contributed by atoms with Gasteiger partial charge in [0.2, 0.25) is 0 Å². The molecule has 0 saturated carbocycles. The van der Waals surface area contributed by atoms with Crippen LogP contribution < -0.4 is 4.90 Å². The van der Waals surface area contributed by atoms with Crippen LogP contribution in [-0.4, -0.2) is 19.5 Å². The van der Waals surface area contributed by atoms with E-state index in [4.69, 9.17) is 4.98 Å². The van der Waals surface area contributed by atoms with Gasteiger partial charge in [-0.1, -0.05) is 78.9 Å². The Hall–Kier alpha value is -6.93. The summed E-state index contributed by atoms with van der Waals surface area (Å²) in [7, 11) is 0. The second-order valence-corrected chi connectivity index (χ2v) is 15.9. The first kappa shape index (κ1) is 32.5. The van der Waals surface area contributed by atoms with E-state index in [1.54, 1.807) is 0 Å². The predicted octanol–water partition coefficient (Wildman–Crippen LogP) is 13.9. The minimum absolute atomic E-state index is 0.945. The molecule has 0 amide bonds. The van der Waals surface area contributed by atoms with Crippen molar-refractivity contribution >= 4 is 81.3 Å². The van der Waals surface area contributed by atoms with Crippen LogP contribution >= 0.6 is 22.7 Å². The van der Waals surface area contributed by atoms with Crippen LogP contribution in [0.15, 0.2) is 188 Å². The summed E-state index contributed by atoms with van der Waals surface area (Å²) < 4.78 is 4.85. The largest absolute Gasteiger partial charge is 0.308 e. The van der Waals surface area contributed by atoms with Crippen molar-refractivity contribution < 1.29 is 0 Å². The molecule has 6 aromatic heterocycles. The van der Waals surface area contributed by atoms with Crippen molar-refractivity contribution in [3.63, 3.8) is 0 Å². The average Bonchev–Trinajstić information content (AvgIpc) is 3.94. The van der Waals surface area contributed by atoms with Gasteiger partial charge in [0.05, 0.1) is 33.5 Å². The van der Waals surface area contributed by atoms with Gasteiger partial charge in [-0.25, -0.2) is 4.98 Å². The summed E-state index contributed by atoms with van der Waals surface area (Å²) in [5, 5.41) is 3.43. The first-order chi connectivity index (χ1) is 27.7. The van der Waals surface area contributed by atoms with Gasteiger partial charge < -0.3 is 9.47 Å². The molecule has 7 heteroatoms. The fourth-order valence-corrected chi connectivity index (χ4v) is 10.1. The normalized spacial score (nSPS) is 11.6. The Morgan fingerprint density at radius 3 is 1.86 bits per heavy atom. The van der Waals surface area contributed by atoms with Crippen molar-refractivity contribution in [1.29, 1.82) is 0 Å². The number of benzene rings is 5. The first-order valence-corrected chi connectivity index (χ1v) is 20.1. The maximum absolute atomic E-state index is 5.23. The van der Waals surface area contributed by atoms with Crippen molar-refractivity contribution in [3.8, 4) is 38.6 Å². The molecule has 0 aliphatic heterocycles. The van der Waals surface area contributed by atoms with Gasteiger partial charge in [0.15, 0.2) is 0 Å². The average molecular weight is 754 g/mol. The van der Waals surface area contributed by atoms with Gasteiger partial charge in [0.1, 0.15) is 5.00 Å². The monoisotopic (exact) mass is 753 g/mol. The van der Waals surface area contributed by atoms with Crippen molar-refractivity contribution in [2.75, 3.05) is 4.90 Å². The maximum Gasteiger partial charge on any atom is 0.102 e. The first-order valence-electron chi connectivity index (χ1n) is 18.5. The standard InChI is InChI=1S/C49H31N5S2/c1-2-15-36(16-3-1)54-43-23-22-35(28-39(43)49-44(54)29-34-12-4-5-21-42(34)52-49)45-30-46-47(55-45)31-48(56-46)53(37-17-10-13-32(26-37)40-19-6-8-24-50-40)38-18-11-14-33(27-38)41-20-7-9-25-51-41/h1-31H. The summed E-state index contributed by atoms with van der Waals surface area (Å²) in [6.07, 6.45) is 3.69. The quantitative estimate of drug-likeness (QED) is 0.163. The Bertz CT molecular complexity index is 3090. The third-order valence-corrected chi connectivity index (χ3v) is 12.6. The van der Waals surface area contributed by atoms with Crippen LogP contribution in [0.3, 0.4) is 0 Å². The van der Waals surface area contributed by atoms with Crippen LogP contribution in [0.2, 0.25) is 0 Å². The summed E-state index contributed by atoms with van der Waals surface area (Å²) in [6.45, 7) is 0. The second kappa shape index (κ2) is 13.4. The van der Waals surface area contributed by atoms with Crippen molar-refractivity contribution in [1.82, 2.24) is 19.5 Å². The lowest BCUT2D eigenvalue weighted by atomic mass is 10.1. The zero-order valence-electron chi connectivity index (χ0n) is 30.0. The molecule has 5 nitrogen and oxygen atoms in total. The van der Waals surface area contributed by atoms with Crippen LogP contribution in [0.5, 0.6) is 0 Å². The lowest BCUT2D eigenvalue weighted by Gasteiger charge is -2.24. The Balaban J connectivity index is 1.03. The number of fused-ring (bicyclic) bond motifs is 5. The van der Waals surface area contributed by atoms with E-state index in [1.807, 2.05) is 59.3 Å². The number of thiophene rings is 2. The fraction of sp³-hybridized carbons (Fsp3) is 0.